The van der Waals surface area contributed by atoms with E-state index < -0.39 is 5.97 Å². The number of fused-ring (bicyclic) bond motifs is 1. The van der Waals surface area contributed by atoms with Crippen molar-refractivity contribution in [1.29, 1.82) is 0 Å². The van der Waals surface area contributed by atoms with Crippen LogP contribution >= 0.6 is 0 Å². The normalized spacial score (nSPS) is 11.2. The summed E-state index contributed by atoms with van der Waals surface area (Å²) in [5.74, 6) is -0.728. The molecule has 4 nitrogen and oxygen atoms in total. The number of aryl methyl sites for hydroxylation is 3. The first-order chi connectivity index (χ1) is 12.5. The van der Waals surface area contributed by atoms with Gasteiger partial charge in [0.1, 0.15) is 0 Å². The summed E-state index contributed by atoms with van der Waals surface area (Å²) in [6.07, 6.45) is 3.55. The molecule has 4 heteroatoms. The Labute approximate surface area is 154 Å². The van der Waals surface area contributed by atoms with Crippen LogP contribution in [0.2, 0.25) is 0 Å². The average molecular weight is 350 g/mol. The van der Waals surface area contributed by atoms with Gasteiger partial charge in [0.25, 0.3) is 0 Å². The highest BCUT2D eigenvalue weighted by molar-refractivity contribution is 5.84. The van der Waals surface area contributed by atoms with Crippen molar-refractivity contribution in [1.82, 2.24) is 9.61 Å². The third-order valence-corrected chi connectivity index (χ3v) is 4.91. The monoisotopic (exact) mass is 350 g/mol. The van der Waals surface area contributed by atoms with Crippen molar-refractivity contribution in [3.63, 3.8) is 0 Å². The summed E-state index contributed by atoms with van der Waals surface area (Å²) in [6, 6.07) is 12.9. The summed E-state index contributed by atoms with van der Waals surface area (Å²) in [6.45, 7) is 6.31. The topological polar surface area (TPSA) is 54.6 Å². The number of rotatable bonds is 7. The summed E-state index contributed by atoms with van der Waals surface area (Å²) in [7, 11) is 0. The summed E-state index contributed by atoms with van der Waals surface area (Å²) in [4.78, 5) is 10.8. The van der Waals surface area contributed by atoms with Gasteiger partial charge < -0.3 is 5.11 Å². The third-order valence-electron chi connectivity index (χ3n) is 4.91. The minimum absolute atomic E-state index is 0.222. The van der Waals surface area contributed by atoms with Crippen LogP contribution in [0.15, 0.2) is 36.4 Å². The zero-order valence-electron chi connectivity index (χ0n) is 15.7. The van der Waals surface area contributed by atoms with Crippen molar-refractivity contribution in [3.8, 4) is 11.1 Å². The predicted molar refractivity (Wildman–Crippen MR) is 105 cm³/mol. The molecule has 0 fully saturated rings. The van der Waals surface area contributed by atoms with Gasteiger partial charge in [0.05, 0.1) is 11.2 Å². The van der Waals surface area contributed by atoms with Crippen molar-refractivity contribution in [2.45, 2.75) is 52.9 Å². The van der Waals surface area contributed by atoms with E-state index in [9.17, 15) is 4.79 Å². The molecule has 0 spiro atoms. The fraction of sp³-hybridized carbons (Fsp3) is 0.364. The SMILES string of the molecule is CCc1ccc2c(-c3cccc(C)c3)c(CCCCC(=O)O)c(C)nn12. The van der Waals surface area contributed by atoms with Crippen LogP contribution < -0.4 is 0 Å². The van der Waals surface area contributed by atoms with E-state index in [1.165, 1.54) is 27.9 Å². The Morgan fingerprint density at radius 3 is 2.65 bits per heavy atom. The van der Waals surface area contributed by atoms with E-state index >= 15 is 0 Å². The first-order valence-corrected chi connectivity index (χ1v) is 9.30. The molecule has 0 atom stereocenters. The van der Waals surface area contributed by atoms with Gasteiger partial charge >= 0.3 is 5.97 Å². The molecule has 0 unspecified atom stereocenters. The van der Waals surface area contributed by atoms with Crippen LogP contribution in [0.25, 0.3) is 16.6 Å². The van der Waals surface area contributed by atoms with Crippen LogP contribution in [0.4, 0.5) is 0 Å². The second-order valence-electron chi connectivity index (χ2n) is 6.88. The summed E-state index contributed by atoms with van der Waals surface area (Å²) in [5.41, 5.74) is 8.25. The number of hydrogen-bond donors (Lipinski definition) is 1. The lowest BCUT2D eigenvalue weighted by Crippen LogP contribution is -2.06. The Balaban J connectivity index is 2.11. The molecule has 0 saturated carbocycles. The Bertz CT molecular complexity index is 941. The van der Waals surface area contributed by atoms with Gasteiger partial charge in [-0.1, -0.05) is 36.8 Å². The number of carboxylic acids is 1. The van der Waals surface area contributed by atoms with Gasteiger partial charge in [0.15, 0.2) is 0 Å². The number of aromatic nitrogens is 2. The first kappa shape index (κ1) is 18.2. The average Bonchev–Trinajstić information content (AvgIpc) is 3.00. The Morgan fingerprint density at radius 2 is 1.96 bits per heavy atom. The van der Waals surface area contributed by atoms with Gasteiger partial charge in [-0.2, -0.15) is 5.10 Å². The maximum atomic E-state index is 10.8. The smallest absolute Gasteiger partial charge is 0.303 e. The molecule has 2 aromatic heterocycles. The molecule has 1 aromatic carbocycles. The number of benzene rings is 1. The lowest BCUT2D eigenvalue weighted by atomic mass is 9.94. The van der Waals surface area contributed by atoms with E-state index in [0.717, 1.165) is 30.5 Å². The molecule has 26 heavy (non-hydrogen) atoms. The molecule has 3 rings (SSSR count). The summed E-state index contributed by atoms with van der Waals surface area (Å²) >= 11 is 0. The number of aliphatic carboxylic acids is 1. The van der Waals surface area contributed by atoms with Gasteiger partial charge in [-0.3, -0.25) is 4.79 Å². The van der Waals surface area contributed by atoms with Gasteiger partial charge in [-0.15, -0.1) is 0 Å². The van der Waals surface area contributed by atoms with Crippen LogP contribution in [-0.4, -0.2) is 20.7 Å². The van der Waals surface area contributed by atoms with Crippen molar-refractivity contribution < 1.29 is 9.90 Å². The molecule has 0 aliphatic rings. The Morgan fingerprint density at radius 1 is 1.15 bits per heavy atom. The van der Waals surface area contributed by atoms with Crippen LogP contribution in [0.5, 0.6) is 0 Å². The minimum Gasteiger partial charge on any atom is -0.481 e. The zero-order chi connectivity index (χ0) is 18.7. The lowest BCUT2D eigenvalue weighted by molar-refractivity contribution is -0.137. The van der Waals surface area contributed by atoms with Crippen LogP contribution in [0.3, 0.4) is 0 Å². The number of nitrogens with zero attached hydrogens (tertiary/aromatic N) is 2. The van der Waals surface area contributed by atoms with Crippen LogP contribution in [0, 0.1) is 13.8 Å². The quantitative estimate of drug-likeness (QED) is 0.612. The standard InChI is InChI=1S/C22H26N2O2/c1-4-18-12-13-20-22(17-9-7-8-15(2)14-17)19(16(3)23-24(18)20)10-5-6-11-21(25)26/h7-9,12-14H,4-6,10-11H2,1-3H3,(H,25,26). The molecule has 3 aromatic rings. The van der Waals surface area contributed by atoms with Crippen molar-refractivity contribution in [2.24, 2.45) is 0 Å². The van der Waals surface area contributed by atoms with Crippen molar-refractivity contribution >= 4 is 11.5 Å². The van der Waals surface area contributed by atoms with E-state index in [-0.39, 0.29) is 6.42 Å². The summed E-state index contributed by atoms with van der Waals surface area (Å²) in [5, 5.41) is 13.7. The molecule has 0 radical (unpaired) electrons. The molecule has 0 aliphatic carbocycles. The molecule has 0 aliphatic heterocycles. The first-order valence-electron chi connectivity index (χ1n) is 9.30. The molecule has 0 bridgehead atoms. The van der Waals surface area contributed by atoms with Crippen molar-refractivity contribution in [2.75, 3.05) is 0 Å². The van der Waals surface area contributed by atoms with E-state index in [1.807, 2.05) is 0 Å². The van der Waals surface area contributed by atoms with Crippen molar-refractivity contribution in [3.05, 3.63) is 58.9 Å². The van der Waals surface area contributed by atoms with E-state index in [4.69, 9.17) is 10.2 Å². The van der Waals surface area contributed by atoms with Gasteiger partial charge in [0.2, 0.25) is 0 Å². The second-order valence-corrected chi connectivity index (χ2v) is 6.88. The highest BCUT2D eigenvalue weighted by Gasteiger charge is 2.16. The number of unbranched alkanes of at least 4 members (excludes halogenated alkanes) is 1. The predicted octanol–water partition coefficient (Wildman–Crippen LogP) is 4.98. The molecule has 1 N–H and O–H groups in total. The van der Waals surface area contributed by atoms with Crippen LogP contribution in [0.1, 0.15) is 48.7 Å². The molecule has 0 amide bonds. The second kappa shape index (κ2) is 7.73. The van der Waals surface area contributed by atoms with Gasteiger partial charge in [0, 0.05) is 17.7 Å². The van der Waals surface area contributed by atoms with E-state index in [1.54, 1.807) is 0 Å². The Kier molecular flexibility index (Phi) is 5.40. The fourth-order valence-electron chi connectivity index (χ4n) is 3.60. The summed E-state index contributed by atoms with van der Waals surface area (Å²) < 4.78 is 2.06. The highest BCUT2D eigenvalue weighted by Crippen LogP contribution is 2.33. The molecular weight excluding hydrogens is 324 g/mol. The maximum Gasteiger partial charge on any atom is 0.303 e. The number of hydrogen-bond acceptors (Lipinski definition) is 2. The molecule has 0 saturated heterocycles. The Hall–Kier alpha value is -2.62. The number of carbonyl (C=O) groups is 1. The molecule has 2 heterocycles. The lowest BCUT2D eigenvalue weighted by Gasteiger charge is -2.16. The van der Waals surface area contributed by atoms with E-state index in [2.05, 4.69) is 61.7 Å². The molecule has 136 valence electrons. The maximum absolute atomic E-state index is 10.8. The fourth-order valence-corrected chi connectivity index (χ4v) is 3.60. The number of carboxylic acid groups (broad SMARTS) is 1. The largest absolute Gasteiger partial charge is 0.481 e. The van der Waals surface area contributed by atoms with Crippen LogP contribution in [-0.2, 0) is 17.6 Å². The van der Waals surface area contributed by atoms with Gasteiger partial charge in [-0.05, 0) is 62.8 Å². The van der Waals surface area contributed by atoms with Gasteiger partial charge in [-0.25, -0.2) is 4.52 Å². The molecular formula is C22H26N2O2. The zero-order valence-corrected chi connectivity index (χ0v) is 15.7. The highest BCUT2D eigenvalue weighted by atomic mass is 16.4. The minimum atomic E-state index is -0.728. The van der Waals surface area contributed by atoms with E-state index in [0.29, 0.717) is 6.42 Å². The third kappa shape index (κ3) is 3.64.